The van der Waals surface area contributed by atoms with Gasteiger partial charge in [0.15, 0.2) is 23.9 Å². The number of aromatic nitrogens is 2. The molecule has 0 saturated heterocycles. The lowest BCUT2D eigenvalue weighted by Gasteiger charge is -2.15. The van der Waals surface area contributed by atoms with Gasteiger partial charge in [-0.05, 0) is 90.0 Å². The predicted molar refractivity (Wildman–Crippen MR) is 175 cm³/mol. The normalized spacial score (nSPS) is 11.6. The Morgan fingerprint density at radius 1 is 1.02 bits per heavy atom. The predicted octanol–water partition coefficient (Wildman–Crippen LogP) is 7.29. The number of anilines is 1. The van der Waals surface area contributed by atoms with E-state index in [2.05, 4.69) is 15.4 Å². The average molecular weight is 726 g/mol. The molecule has 5 aromatic rings. The molecule has 4 aromatic carbocycles. The zero-order valence-electron chi connectivity index (χ0n) is 24.1. The van der Waals surface area contributed by atoms with Crippen LogP contribution in [0.3, 0.4) is 0 Å². The molecule has 1 heterocycles. The summed E-state index contributed by atoms with van der Waals surface area (Å²) in [7, 11) is 0. The van der Waals surface area contributed by atoms with E-state index >= 15 is 0 Å². The molecule has 0 unspecified atom stereocenters. The van der Waals surface area contributed by atoms with E-state index in [1.165, 1.54) is 18.3 Å². The number of carbonyl (C=O) groups excluding carboxylic acids is 1. The van der Waals surface area contributed by atoms with Gasteiger partial charge in [0.25, 0.3) is 11.5 Å². The molecule has 1 N–H and O–H groups in total. The molecular weight excluding hydrogens is 700 g/mol. The summed E-state index contributed by atoms with van der Waals surface area (Å²) >= 11 is 2.04. The number of nitrogens with one attached hydrogen (secondary N) is 1. The van der Waals surface area contributed by atoms with Crippen molar-refractivity contribution in [3.05, 3.63) is 116 Å². The smallest absolute Gasteiger partial charge is 0.416 e. The molecule has 45 heavy (non-hydrogen) atoms. The second-order valence-corrected chi connectivity index (χ2v) is 11.0. The van der Waals surface area contributed by atoms with Crippen LogP contribution in [0, 0.1) is 10.5 Å². The Bertz CT molecular complexity index is 1970. The van der Waals surface area contributed by atoms with E-state index in [-0.39, 0.29) is 29.3 Å². The van der Waals surface area contributed by atoms with Crippen molar-refractivity contribution in [3.63, 3.8) is 0 Å². The lowest BCUT2D eigenvalue weighted by atomic mass is 10.1. The largest absolute Gasteiger partial charge is 0.490 e. The van der Waals surface area contributed by atoms with Crippen LogP contribution in [0.4, 0.5) is 18.9 Å². The zero-order valence-corrected chi connectivity index (χ0v) is 26.2. The second-order valence-electron chi connectivity index (χ2n) is 9.81. The molecule has 0 spiro atoms. The summed E-state index contributed by atoms with van der Waals surface area (Å²) in [5, 5.41) is 7.44. The summed E-state index contributed by atoms with van der Waals surface area (Å²) in [6.07, 6.45) is -3.20. The number of hydrogen-bond donors (Lipinski definition) is 1. The van der Waals surface area contributed by atoms with E-state index in [1.807, 2.05) is 47.7 Å². The number of benzene rings is 4. The Morgan fingerprint density at radius 3 is 2.53 bits per heavy atom. The van der Waals surface area contributed by atoms with Crippen molar-refractivity contribution in [2.45, 2.75) is 20.0 Å². The standard InChI is InChI=1S/C33H26F3IN4O4/c1-3-44-28-16-21(15-25(37)30(28)45-19-29(42)39-26-13-6-4-9-20(26)2)18-38-41-31(22-10-8-11-23(17-22)33(34,35)36)40-27-14-7-5-12-24(27)32(41)43/h4-18H,3,19H2,1-2H3,(H,39,42). The number of carbonyl (C=O) groups is 1. The topological polar surface area (TPSA) is 94.8 Å². The maximum Gasteiger partial charge on any atom is 0.416 e. The Labute approximate surface area is 269 Å². The quantitative estimate of drug-likeness (QED) is 0.127. The molecule has 0 radical (unpaired) electrons. The maximum absolute atomic E-state index is 13.5. The van der Waals surface area contributed by atoms with Crippen LogP contribution in [0.1, 0.15) is 23.6 Å². The molecule has 12 heteroatoms. The minimum absolute atomic E-state index is 0.0552. The fraction of sp³-hybridized carbons (Fsp3) is 0.152. The summed E-state index contributed by atoms with van der Waals surface area (Å²) in [4.78, 5) is 30.6. The minimum Gasteiger partial charge on any atom is -0.490 e. The van der Waals surface area contributed by atoms with Crippen LogP contribution in [-0.2, 0) is 11.0 Å². The summed E-state index contributed by atoms with van der Waals surface area (Å²) in [5.74, 6) is 0.291. The summed E-state index contributed by atoms with van der Waals surface area (Å²) in [6.45, 7) is 3.72. The lowest BCUT2D eigenvalue weighted by Crippen LogP contribution is -2.21. The molecule has 0 aliphatic carbocycles. The first kappa shape index (κ1) is 31.7. The first-order valence-electron chi connectivity index (χ1n) is 13.7. The molecule has 0 fully saturated rings. The second kappa shape index (κ2) is 13.5. The van der Waals surface area contributed by atoms with Crippen LogP contribution >= 0.6 is 22.6 Å². The van der Waals surface area contributed by atoms with Gasteiger partial charge in [-0.3, -0.25) is 9.59 Å². The van der Waals surface area contributed by atoms with Crippen molar-refractivity contribution < 1.29 is 27.4 Å². The molecule has 230 valence electrons. The highest BCUT2D eigenvalue weighted by Gasteiger charge is 2.31. The number of hydrogen-bond acceptors (Lipinski definition) is 6. The zero-order chi connectivity index (χ0) is 32.1. The van der Waals surface area contributed by atoms with Gasteiger partial charge in [0.2, 0.25) is 0 Å². The fourth-order valence-electron chi connectivity index (χ4n) is 4.48. The molecule has 0 aliphatic rings. The Balaban J connectivity index is 1.49. The van der Waals surface area contributed by atoms with Gasteiger partial charge in [-0.1, -0.05) is 42.5 Å². The first-order chi connectivity index (χ1) is 21.5. The molecular formula is C33H26F3IN4O4. The van der Waals surface area contributed by atoms with Gasteiger partial charge in [0, 0.05) is 11.3 Å². The van der Waals surface area contributed by atoms with Crippen LogP contribution in [0.25, 0.3) is 22.3 Å². The van der Waals surface area contributed by atoms with Crippen molar-refractivity contribution in [2.75, 3.05) is 18.5 Å². The van der Waals surface area contributed by atoms with Gasteiger partial charge in [0.1, 0.15) is 0 Å². The number of rotatable bonds is 9. The molecule has 1 aromatic heterocycles. The SMILES string of the molecule is CCOc1cc(C=Nn2c(-c3cccc(C(F)(F)F)c3)nc3ccccc3c2=O)cc(I)c1OCC(=O)Nc1ccccc1C. The van der Waals surface area contributed by atoms with Crippen molar-refractivity contribution >= 4 is 51.3 Å². The summed E-state index contributed by atoms with van der Waals surface area (Å²) in [6, 6.07) is 21.8. The van der Waals surface area contributed by atoms with Crippen LogP contribution < -0.4 is 20.3 Å². The van der Waals surface area contributed by atoms with Crippen LogP contribution in [0.2, 0.25) is 0 Å². The number of amides is 1. The summed E-state index contributed by atoms with van der Waals surface area (Å²) < 4.78 is 53.7. The van der Waals surface area contributed by atoms with Gasteiger partial charge in [-0.25, -0.2) is 4.98 Å². The van der Waals surface area contributed by atoms with Crippen molar-refractivity contribution in [3.8, 4) is 22.9 Å². The molecule has 0 aliphatic heterocycles. The van der Waals surface area contributed by atoms with Crippen LogP contribution in [0.5, 0.6) is 11.5 Å². The van der Waals surface area contributed by atoms with Gasteiger partial charge < -0.3 is 14.8 Å². The molecule has 0 atom stereocenters. The lowest BCUT2D eigenvalue weighted by molar-refractivity contribution is -0.137. The number of ether oxygens (including phenoxy) is 2. The fourth-order valence-corrected chi connectivity index (χ4v) is 5.26. The Kier molecular flexibility index (Phi) is 9.51. The van der Waals surface area contributed by atoms with E-state index in [0.29, 0.717) is 38.4 Å². The van der Waals surface area contributed by atoms with Crippen molar-refractivity contribution in [1.82, 2.24) is 9.66 Å². The number of alkyl halides is 3. The maximum atomic E-state index is 13.5. The van der Waals surface area contributed by atoms with E-state index < -0.39 is 17.3 Å². The highest BCUT2D eigenvalue weighted by Crippen LogP contribution is 2.35. The number of fused-ring (bicyclic) bond motifs is 1. The third-order valence-electron chi connectivity index (χ3n) is 6.62. The van der Waals surface area contributed by atoms with Gasteiger partial charge in [-0.15, -0.1) is 0 Å². The molecule has 0 saturated carbocycles. The van der Waals surface area contributed by atoms with Gasteiger partial charge >= 0.3 is 6.18 Å². The first-order valence-corrected chi connectivity index (χ1v) is 14.8. The third kappa shape index (κ3) is 7.33. The third-order valence-corrected chi connectivity index (χ3v) is 7.42. The molecule has 0 bridgehead atoms. The minimum atomic E-state index is -4.58. The van der Waals surface area contributed by atoms with Crippen molar-refractivity contribution in [2.24, 2.45) is 5.10 Å². The number of halogens is 4. The van der Waals surface area contributed by atoms with Gasteiger partial charge in [0.05, 0.1) is 32.9 Å². The highest BCUT2D eigenvalue weighted by molar-refractivity contribution is 14.1. The van der Waals surface area contributed by atoms with Crippen LogP contribution in [-0.4, -0.2) is 35.0 Å². The number of nitrogens with zero attached hydrogens (tertiary/aromatic N) is 3. The molecule has 1 amide bonds. The Morgan fingerprint density at radius 2 is 1.78 bits per heavy atom. The van der Waals surface area contributed by atoms with E-state index in [0.717, 1.165) is 22.4 Å². The van der Waals surface area contributed by atoms with E-state index in [9.17, 15) is 22.8 Å². The highest BCUT2D eigenvalue weighted by atomic mass is 127. The Hall–Kier alpha value is -4.72. The van der Waals surface area contributed by atoms with Gasteiger partial charge in [-0.2, -0.15) is 22.9 Å². The molecule has 5 rings (SSSR count). The van der Waals surface area contributed by atoms with Crippen LogP contribution in [0.15, 0.2) is 94.8 Å². The average Bonchev–Trinajstić information content (AvgIpc) is 3.01. The van der Waals surface area contributed by atoms with Crippen molar-refractivity contribution in [1.29, 1.82) is 0 Å². The summed E-state index contributed by atoms with van der Waals surface area (Å²) in [5.41, 5.74) is 1.07. The number of aryl methyl sites for hydroxylation is 1. The monoisotopic (exact) mass is 726 g/mol. The molecule has 8 nitrogen and oxygen atoms in total. The number of para-hydroxylation sites is 2. The van der Waals surface area contributed by atoms with E-state index in [4.69, 9.17) is 9.47 Å². The van der Waals surface area contributed by atoms with E-state index in [1.54, 1.807) is 49.4 Å².